The molecule has 1 N–H and O–H groups in total. The summed E-state index contributed by atoms with van der Waals surface area (Å²) < 4.78 is 2.05. The molecule has 0 aromatic carbocycles. The SMILES string of the molecule is Cc1cc(C)n(C2CN(c3nccc(-c4cc(C(=O)O)ccn4)n3)C2)n1. The minimum atomic E-state index is -0.988. The number of carboxylic acid groups (broad SMARTS) is 1. The number of aromatic nitrogens is 5. The first-order valence-corrected chi connectivity index (χ1v) is 8.32. The van der Waals surface area contributed by atoms with Gasteiger partial charge in [0, 0.05) is 31.2 Å². The number of hydrogen-bond donors (Lipinski definition) is 1. The van der Waals surface area contributed by atoms with Gasteiger partial charge >= 0.3 is 5.97 Å². The summed E-state index contributed by atoms with van der Waals surface area (Å²) in [6.45, 7) is 5.62. The molecule has 0 aliphatic carbocycles. The van der Waals surface area contributed by atoms with E-state index in [2.05, 4.69) is 37.9 Å². The number of carbonyl (C=O) groups is 1. The van der Waals surface area contributed by atoms with Gasteiger partial charge < -0.3 is 10.0 Å². The van der Waals surface area contributed by atoms with Crippen LogP contribution in [-0.2, 0) is 0 Å². The molecule has 0 radical (unpaired) electrons. The van der Waals surface area contributed by atoms with E-state index < -0.39 is 5.97 Å². The van der Waals surface area contributed by atoms with Crippen molar-refractivity contribution in [2.24, 2.45) is 0 Å². The second kappa shape index (κ2) is 6.21. The molecule has 0 unspecified atom stereocenters. The molecule has 8 nitrogen and oxygen atoms in total. The average Bonchev–Trinajstić information content (AvgIpc) is 2.92. The van der Waals surface area contributed by atoms with Crippen LogP contribution in [0.5, 0.6) is 0 Å². The summed E-state index contributed by atoms with van der Waals surface area (Å²) in [7, 11) is 0. The summed E-state index contributed by atoms with van der Waals surface area (Å²) in [5.74, 6) is -0.374. The van der Waals surface area contributed by atoms with Crippen LogP contribution in [0.3, 0.4) is 0 Å². The lowest BCUT2D eigenvalue weighted by molar-refractivity contribution is 0.0697. The van der Waals surface area contributed by atoms with E-state index in [1.165, 1.54) is 18.3 Å². The quantitative estimate of drug-likeness (QED) is 0.769. The predicted molar refractivity (Wildman–Crippen MR) is 95.2 cm³/mol. The largest absolute Gasteiger partial charge is 0.478 e. The van der Waals surface area contributed by atoms with Crippen molar-refractivity contribution in [3.8, 4) is 11.4 Å². The molecule has 1 aliphatic rings. The van der Waals surface area contributed by atoms with Crippen LogP contribution < -0.4 is 4.90 Å². The highest BCUT2D eigenvalue weighted by Crippen LogP contribution is 2.27. The van der Waals surface area contributed by atoms with Gasteiger partial charge in [-0.2, -0.15) is 5.10 Å². The van der Waals surface area contributed by atoms with Crippen LogP contribution in [0.25, 0.3) is 11.4 Å². The van der Waals surface area contributed by atoms with Gasteiger partial charge in [0.25, 0.3) is 0 Å². The number of pyridine rings is 1. The first-order valence-electron chi connectivity index (χ1n) is 8.32. The van der Waals surface area contributed by atoms with Crippen molar-refractivity contribution in [2.45, 2.75) is 19.9 Å². The fraction of sp³-hybridized carbons (Fsp3) is 0.278. The summed E-state index contributed by atoms with van der Waals surface area (Å²) in [6, 6.07) is 7.09. The van der Waals surface area contributed by atoms with Gasteiger partial charge in [-0.15, -0.1) is 0 Å². The van der Waals surface area contributed by atoms with Gasteiger partial charge in [-0.3, -0.25) is 9.67 Å². The average molecular weight is 350 g/mol. The maximum Gasteiger partial charge on any atom is 0.335 e. The summed E-state index contributed by atoms with van der Waals surface area (Å²) in [5, 5.41) is 13.7. The molecule has 3 aromatic heterocycles. The molecule has 4 rings (SSSR count). The Balaban J connectivity index is 1.53. The molecule has 0 amide bonds. The van der Waals surface area contributed by atoms with Crippen molar-refractivity contribution < 1.29 is 9.90 Å². The number of nitrogens with zero attached hydrogens (tertiary/aromatic N) is 6. The Morgan fingerprint density at radius 2 is 1.88 bits per heavy atom. The Labute approximate surface area is 150 Å². The third-order valence-electron chi connectivity index (χ3n) is 4.45. The third kappa shape index (κ3) is 2.90. The molecule has 4 heterocycles. The van der Waals surface area contributed by atoms with E-state index in [0.717, 1.165) is 24.5 Å². The zero-order valence-corrected chi connectivity index (χ0v) is 14.5. The highest BCUT2D eigenvalue weighted by Gasteiger charge is 2.31. The van der Waals surface area contributed by atoms with E-state index in [4.69, 9.17) is 5.11 Å². The zero-order valence-electron chi connectivity index (χ0n) is 14.5. The number of rotatable bonds is 4. The lowest BCUT2D eigenvalue weighted by Crippen LogP contribution is -2.49. The fourth-order valence-electron chi connectivity index (χ4n) is 3.14. The minimum Gasteiger partial charge on any atom is -0.478 e. The summed E-state index contributed by atoms with van der Waals surface area (Å²) in [5.41, 5.74) is 3.47. The van der Waals surface area contributed by atoms with Gasteiger partial charge in [-0.25, -0.2) is 14.8 Å². The van der Waals surface area contributed by atoms with Gasteiger partial charge in [0.05, 0.1) is 28.7 Å². The molecular weight excluding hydrogens is 332 g/mol. The van der Waals surface area contributed by atoms with Crippen LogP contribution in [0.15, 0.2) is 36.7 Å². The third-order valence-corrected chi connectivity index (χ3v) is 4.45. The van der Waals surface area contributed by atoms with E-state index in [-0.39, 0.29) is 5.56 Å². The first-order chi connectivity index (χ1) is 12.5. The summed E-state index contributed by atoms with van der Waals surface area (Å²) >= 11 is 0. The fourth-order valence-corrected chi connectivity index (χ4v) is 3.14. The molecule has 0 spiro atoms. The van der Waals surface area contributed by atoms with Crippen molar-refractivity contribution in [1.29, 1.82) is 0 Å². The van der Waals surface area contributed by atoms with Crippen LogP contribution in [0.4, 0.5) is 5.95 Å². The molecule has 0 atom stereocenters. The highest BCUT2D eigenvalue weighted by atomic mass is 16.4. The van der Waals surface area contributed by atoms with E-state index >= 15 is 0 Å². The predicted octanol–water partition coefficient (Wildman–Crippen LogP) is 2.11. The van der Waals surface area contributed by atoms with Crippen molar-refractivity contribution in [2.75, 3.05) is 18.0 Å². The van der Waals surface area contributed by atoms with E-state index in [9.17, 15) is 4.79 Å². The summed E-state index contributed by atoms with van der Waals surface area (Å²) in [6.07, 6.45) is 3.15. The van der Waals surface area contributed by atoms with Gasteiger partial charge in [0.15, 0.2) is 0 Å². The molecule has 1 saturated heterocycles. The lowest BCUT2D eigenvalue weighted by atomic mass is 10.1. The molecule has 8 heteroatoms. The maximum atomic E-state index is 11.1. The van der Waals surface area contributed by atoms with E-state index in [1.807, 2.05) is 11.6 Å². The lowest BCUT2D eigenvalue weighted by Gasteiger charge is -2.39. The molecule has 26 heavy (non-hydrogen) atoms. The Morgan fingerprint density at radius 1 is 1.12 bits per heavy atom. The van der Waals surface area contributed by atoms with Gasteiger partial charge in [-0.05, 0) is 38.1 Å². The Kier molecular flexibility index (Phi) is 3.87. The number of aryl methyl sites for hydroxylation is 2. The topological polar surface area (TPSA) is 97.0 Å². The van der Waals surface area contributed by atoms with Crippen LogP contribution in [0, 0.1) is 13.8 Å². The standard InChI is InChI=1S/C18H18N6O2/c1-11-7-12(2)24(22-11)14-9-23(10-14)18-20-6-4-15(21-18)16-8-13(17(25)26)3-5-19-16/h3-8,14H,9-10H2,1-2H3,(H,25,26). The Morgan fingerprint density at radius 3 is 2.58 bits per heavy atom. The molecule has 3 aromatic rings. The second-order valence-corrected chi connectivity index (χ2v) is 6.41. The monoisotopic (exact) mass is 350 g/mol. The van der Waals surface area contributed by atoms with Gasteiger partial charge in [-0.1, -0.05) is 0 Å². The molecule has 1 aliphatic heterocycles. The smallest absolute Gasteiger partial charge is 0.335 e. The van der Waals surface area contributed by atoms with Crippen LogP contribution in [0.1, 0.15) is 27.8 Å². The summed E-state index contributed by atoms with van der Waals surface area (Å²) in [4.78, 5) is 26.3. The number of hydrogen-bond acceptors (Lipinski definition) is 6. The van der Waals surface area contributed by atoms with Crippen molar-refractivity contribution in [1.82, 2.24) is 24.7 Å². The maximum absolute atomic E-state index is 11.1. The van der Waals surface area contributed by atoms with Crippen molar-refractivity contribution >= 4 is 11.9 Å². The van der Waals surface area contributed by atoms with Crippen LogP contribution in [0.2, 0.25) is 0 Å². The first kappa shape index (κ1) is 16.2. The second-order valence-electron chi connectivity index (χ2n) is 6.41. The number of aromatic carboxylic acids is 1. The van der Waals surface area contributed by atoms with E-state index in [1.54, 1.807) is 12.3 Å². The molecule has 0 saturated carbocycles. The van der Waals surface area contributed by atoms with E-state index in [0.29, 0.717) is 23.4 Å². The van der Waals surface area contributed by atoms with Crippen LogP contribution >= 0.6 is 0 Å². The van der Waals surface area contributed by atoms with Gasteiger partial charge in [0.2, 0.25) is 5.95 Å². The highest BCUT2D eigenvalue weighted by molar-refractivity contribution is 5.88. The molecule has 1 fully saturated rings. The zero-order chi connectivity index (χ0) is 18.3. The normalized spacial score (nSPS) is 14.3. The Hall–Kier alpha value is -3.29. The van der Waals surface area contributed by atoms with Gasteiger partial charge in [0.1, 0.15) is 0 Å². The minimum absolute atomic E-state index is 0.184. The number of anilines is 1. The molecule has 132 valence electrons. The number of carboxylic acids is 1. The van der Waals surface area contributed by atoms with Crippen LogP contribution in [-0.4, -0.2) is 48.9 Å². The van der Waals surface area contributed by atoms with Crippen molar-refractivity contribution in [3.05, 3.63) is 53.6 Å². The molecular formula is C18H18N6O2. The molecule has 0 bridgehead atoms. The Bertz CT molecular complexity index is 977. The van der Waals surface area contributed by atoms with Crippen molar-refractivity contribution in [3.63, 3.8) is 0 Å².